The van der Waals surface area contributed by atoms with Gasteiger partial charge in [-0.1, -0.05) is 30.3 Å². The Balaban J connectivity index is 1.41. The number of rotatable bonds is 3. The maximum absolute atomic E-state index is 12.6. The van der Waals surface area contributed by atoms with Crippen LogP contribution in [0, 0.1) is 0 Å². The van der Waals surface area contributed by atoms with E-state index in [1.54, 1.807) is 10.8 Å². The third-order valence-electron chi connectivity index (χ3n) is 4.49. The molecular formula is C17H19N7O. The number of fused-ring (bicyclic) bond motifs is 1. The zero-order chi connectivity index (χ0) is 17.2. The van der Waals surface area contributed by atoms with Crippen LogP contribution >= 0.6 is 0 Å². The molecule has 2 aromatic heterocycles. The first-order chi connectivity index (χ1) is 12.2. The maximum Gasteiger partial charge on any atom is 0.244 e. The van der Waals surface area contributed by atoms with Gasteiger partial charge in [0.05, 0.1) is 0 Å². The lowest BCUT2D eigenvalue weighted by molar-refractivity contribution is -0.133. The van der Waals surface area contributed by atoms with Gasteiger partial charge in [-0.15, -0.1) is 15.3 Å². The van der Waals surface area contributed by atoms with Gasteiger partial charge in [0.15, 0.2) is 5.65 Å². The number of amides is 1. The van der Waals surface area contributed by atoms with Crippen molar-refractivity contribution in [2.45, 2.75) is 6.04 Å². The van der Waals surface area contributed by atoms with Gasteiger partial charge in [0.25, 0.3) is 0 Å². The molecule has 128 valence electrons. The van der Waals surface area contributed by atoms with Crippen LogP contribution in [0.15, 0.2) is 48.8 Å². The molecule has 0 saturated carbocycles. The van der Waals surface area contributed by atoms with Gasteiger partial charge in [-0.2, -0.15) is 4.52 Å². The Labute approximate surface area is 144 Å². The lowest BCUT2D eigenvalue weighted by atomic mass is 10.1. The highest BCUT2D eigenvalue weighted by atomic mass is 16.2. The molecule has 0 bridgehead atoms. The van der Waals surface area contributed by atoms with Gasteiger partial charge < -0.3 is 15.5 Å². The van der Waals surface area contributed by atoms with Crippen LogP contribution in [0.25, 0.3) is 5.65 Å². The van der Waals surface area contributed by atoms with Crippen LogP contribution in [0.1, 0.15) is 11.6 Å². The van der Waals surface area contributed by atoms with Crippen LogP contribution in [-0.4, -0.2) is 56.8 Å². The van der Waals surface area contributed by atoms with Crippen molar-refractivity contribution in [2.75, 3.05) is 31.1 Å². The van der Waals surface area contributed by atoms with Gasteiger partial charge in [0, 0.05) is 26.2 Å². The van der Waals surface area contributed by atoms with Crippen molar-refractivity contribution in [1.29, 1.82) is 0 Å². The van der Waals surface area contributed by atoms with E-state index in [0.29, 0.717) is 31.8 Å². The molecule has 1 aromatic carbocycles. The molecule has 0 radical (unpaired) electrons. The topological polar surface area (TPSA) is 92.7 Å². The molecule has 1 aliphatic heterocycles. The smallest absolute Gasteiger partial charge is 0.244 e. The summed E-state index contributed by atoms with van der Waals surface area (Å²) in [7, 11) is 0. The summed E-state index contributed by atoms with van der Waals surface area (Å²) in [5.74, 6) is 0.819. The normalized spacial score (nSPS) is 16.2. The van der Waals surface area contributed by atoms with Crippen LogP contribution in [0.2, 0.25) is 0 Å². The molecule has 1 fully saturated rings. The number of hydrogen-bond donors (Lipinski definition) is 1. The molecule has 8 nitrogen and oxygen atoms in total. The van der Waals surface area contributed by atoms with Gasteiger partial charge in [-0.25, -0.2) is 0 Å². The Bertz CT molecular complexity index is 871. The zero-order valence-corrected chi connectivity index (χ0v) is 13.7. The number of benzene rings is 1. The van der Waals surface area contributed by atoms with E-state index >= 15 is 0 Å². The quantitative estimate of drug-likeness (QED) is 0.747. The SMILES string of the molecule is NC(C(=O)N1CCN(c2ccc3nncn3n2)CC1)c1ccccc1. The van der Waals surface area contributed by atoms with E-state index in [4.69, 9.17) is 5.73 Å². The molecule has 0 spiro atoms. The number of nitrogens with two attached hydrogens (primary N) is 1. The van der Waals surface area contributed by atoms with Gasteiger partial charge in [0.2, 0.25) is 5.91 Å². The molecular weight excluding hydrogens is 318 g/mol. The van der Waals surface area contributed by atoms with E-state index in [0.717, 1.165) is 11.4 Å². The van der Waals surface area contributed by atoms with E-state index in [1.807, 2.05) is 47.4 Å². The molecule has 0 aliphatic carbocycles. The number of carbonyl (C=O) groups is 1. The second kappa shape index (κ2) is 6.48. The summed E-state index contributed by atoms with van der Waals surface area (Å²) in [4.78, 5) is 16.6. The Morgan fingerprint density at radius 2 is 1.80 bits per heavy atom. The number of aromatic nitrogens is 4. The Morgan fingerprint density at radius 3 is 2.56 bits per heavy atom. The molecule has 25 heavy (non-hydrogen) atoms. The van der Waals surface area contributed by atoms with Crippen LogP contribution in [0.4, 0.5) is 5.82 Å². The lowest BCUT2D eigenvalue weighted by Crippen LogP contribution is -2.51. The highest BCUT2D eigenvalue weighted by Crippen LogP contribution is 2.17. The average molecular weight is 337 g/mol. The zero-order valence-electron chi connectivity index (χ0n) is 13.7. The first kappa shape index (κ1) is 15.5. The molecule has 1 atom stereocenters. The first-order valence-electron chi connectivity index (χ1n) is 8.24. The number of hydrogen-bond acceptors (Lipinski definition) is 6. The van der Waals surface area contributed by atoms with E-state index in [-0.39, 0.29) is 5.91 Å². The Kier molecular flexibility index (Phi) is 4.02. The summed E-state index contributed by atoms with van der Waals surface area (Å²) in [6.45, 7) is 2.68. The van der Waals surface area contributed by atoms with Crippen LogP contribution < -0.4 is 10.6 Å². The number of carbonyl (C=O) groups excluding carboxylic acids is 1. The van der Waals surface area contributed by atoms with Crippen LogP contribution in [-0.2, 0) is 4.79 Å². The van der Waals surface area contributed by atoms with Crippen molar-refractivity contribution in [2.24, 2.45) is 5.73 Å². The predicted octanol–water partition coefficient (Wildman–Crippen LogP) is 0.473. The molecule has 3 aromatic rings. The minimum Gasteiger partial charge on any atom is -0.352 e. The predicted molar refractivity (Wildman–Crippen MR) is 92.9 cm³/mol. The van der Waals surface area contributed by atoms with E-state index in [2.05, 4.69) is 20.2 Å². The largest absolute Gasteiger partial charge is 0.352 e. The van der Waals surface area contributed by atoms with E-state index in [9.17, 15) is 4.79 Å². The molecule has 2 N–H and O–H groups in total. The second-order valence-electron chi connectivity index (χ2n) is 6.03. The van der Waals surface area contributed by atoms with E-state index in [1.165, 1.54) is 0 Å². The summed E-state index contributed by atoms with van der Waals surface area (Å²) >= 11 is 0. The highest BCUT2D eigenvalue weighted by molar-refractivity contribution is 5.83. The Hall–Kier alpha value is -3.00. The van der Waals surface area contributed by atoms with Gasteiger partial charge in [-0.05, 0) is 17.7 Å². The van der Waals surface area contributed by atoms with Crippen LogP contribution in [0.5, 0.6) is 0 Å². The fourth-order valence-electron chi connectivity index (χ4n) is 3.04. The summed E-state index contributed by atoms with van der Waals surface area (Å²) < 4.78 is 1.65. The molecule has 1 unspecified atom stereocenters. The fourth-order valence-corrected chi connectivity index (χ4v) is 3.04. The molecule has 3 heterocycles. The van der Waals surface area contributed by atoms with Crippen molar-refractivity contribution in [3.05, 3.63) is 54.4 Å². The fraction of sp³-hybridized carbons (Fsp3) is 0.294. The van der Waals surface area contributed by atoms with E-state index < -0.39 is 6.04 Å². The van der Waals surface area contributed by atoms with Crippen molar-refractivity contribution < 1.29 is 4.79 Å². The lowest BCUT2D eigenvalue weighted by Gasteiger charge is -2.36. The third-order valence-corrected chi connectivity index (χ3v) is 4.49. The van der Waals surface area contributed by atoms with Gasteiger partial charge in [-0.3, -0.25) is 4.79 Å². The second-order valence-corrected chi connectivity index (χ2v) is 6.03. The van der Waals surface area contributed by atoms with Crippen molar-refractivity contribution >= 4 is 17.4 Å². The monoisotopic (exact) mass is 337 g/mol. The number of anilines is 1. The minimum absolute atomic E-state index is 0.0342. The molecule has 1 saturated heterocycles. The maximum atomic E-state index is 12.6. The molecule has 8 heteroatoms. The summed E-state index contributed by atoms with van der Waals surface area (Å²) in [6.07, 6.45) is 1.58. The van der Waals surface area contributed by atoms with Gasteiger partial charge >= 0.3 is 0 Å². The summed E-state index contributed by atoms with van der Waals surface area (Å²) in [6, 6.07) is 12.7. The number of piperazine rings is 1. The summed E-state index contributed by atoms with van der Waals surface area (Å²) in [5, 5.41) is 12.3. The molecule has 1 aliphatic rings. The average Bonchev–Trinajstić information content (AvgIpc) is 3.15. The first-order valence-corrected chi connectivity index (χ1v) is 8.24. The van der Waals surface area contributed by atoms with Gasteiger partial charge in [0.1, 0.15) is 18.2 Å². The minimum atomic E-state index is -0.612. The molecule has 4 rings (SSSR count). The highest BCUT2D eigenvalue weighted by Gasteiger charge is 2.26. The Morgan fingerprint density at radius 1 is 1.04 bits per heavy atom. The van der Waals surface area contributed by atoms with Crippen molar-refractivity contribution in [3.8, 4) is 0 Å². The molecule has 1 amide bonds. The van der Waals surface area contributed by atoms with Crippen LogP contribution in [0.3, 0.4) is 0 Å². The summed E-state index contributed by atoms with van der Waals surface area (Å²) in [5.41, 5.74) is 7.69. The number of nitrogens with zero attached hydrogens (tertiary/aromatic N) is 6. The van der Waals surface area contributed by atoms with Crippen molar-refractivity contribution in [1.82, 2.24) is 24.7 Å². The standard InChI is InChI=1S/C17H19N7O/c18-16(13-4-2-1-3-5-13)17(25)23-10-8-22(9-11-23)15-7-6-14-20-19-12-24(14)21-15/h1-7,12,16H,8-11,18H2. The third kappa shape index (κ3) is 3.03. The van der Waals surface area contributed by atoms with Crippen molar-refractivity contribution in [3.63, 3.8) is 0 Å².